The Balaban J connectivity index is 0.00000760. The lowest BCUT2D eigenvalue weighted by atomic mass is 9.78. The van der Waals surface area contributed by atoms with Crippen molar-refractivity contribution in [2.75, 3.05) is 40.5 Å². The van der Waals surface area contributed by atoms with Gasteiger partial charge in [-0.2, -0.15) is 0 Å². The SMILES string of the molecule is CCCCCOC(=O)/C(C)=C/c1ccccc1C1C(C(=O)OCC)=C(C)NC(CN(C)C)=C1C(=O)OCC.Cl. The summed E-state index contributed by atoms with van der Waals surface area (Å²) in [7, 11) is 3.80. The van der Waals surface area contributed by atoms with Crippen molar-refractivity contribution in [1.29, 1.82) is 0 Å². The van der Waals surface area contributed by atoms with Gasteiger partial charge in [0.2, 0.25) is 0 Å². The molecular formula is C30H43ClN2O6. The van der Waals surface area contributed by atoms with E-state index in [0.29, 0.717) is 52.4 Å². The molecule has 0 spiro atoms. The molecule has 1 aromatic rings. The lowest BCUT2D eigenvalue weighted by Gasteiger charge is -2.33. The number of esters is 3. The van der Waals surface area contributed by atoms with Gasteiger partial charge in [-0.05, 0) is 65.4 Å². The van der Waals surface area contributed by atoms with Crippen molar-refractivity contribution in [2.45, 2.75) is 59.8 Å². The number of allylic oxidation sites excluding steroid dienone is 1. The van der Waals surface area contributed by atoms with E-state index in [1.165, 1.54) is 0 Å². The van der Waals surface area contributed by atoms with E-state index in [1.807, 2.05) is 43.3 Å². The number of benzene rings is 1. The number of hydrogen-bond donors (Lipinski definition) is 1. The van der Waals surface area contributed by atoms with Gasteiger partial charge in [-0.15, -0.1) is 12.4 Å². The fourth-order valence-corrected chi connectivity index (χ4v) is 4.41. The van der Waals surface area contributed by atoms with Crippen molar-refractivity contribution < 1.29 is 28.6 Å². The highest BCUT2D eigenvalue weighted by Crippen LogP contribution is 2.41. The first-order valence-electron chi connectivity index (χ1n) is 13.3. The van der Waals surface area contributed by atoms with Gasteiger partial charge in [-0.25, -0.2) is 14.4 Å². The maximum atomic E-state index is 13.4. The summed E-state index contributed by atoms with van der Waals surface area (Å²) in [6, 6.07) is 7.42. The van der Waals surface area contributed by atoms with Gasteiger partial charge in [-0.1, -0.05) is 44.0 Å². The topological polar surface area (TPSA) is 94.2 Å². The molecule has 9 heteroatoms. The Kier molecular flexibility index (Phi) is 14.6. The number of carbonyl (C=O) groups is 3. The molecule has 1 aromatic carbocycles. The fraction of sp³-hybridized carbons (Fsp3) is 0.500. The van der Waals surface area contributed by atoms with Gasteiger partial charge in [0.05, 0.1) is 36.9 Å². The highest BCUT2D eigenvalue weighted by Gasteiger charge is 2.39. The first-order chi connectivity index (χ1) is 18.2. The third-order valence-corrected chi connectivity index (χ3v) is 6.09. The summed E-state index contributed by atoms with van der Waals surface area (Å²) in [5, 5.41) is 3.26. The van der Waals surface area contributed by atoms with Crippen LogP contribution in [-0.2, 0) is 28.6 Å². The normalized spacial score (nSPS) is 15.5. The number of halogens is 1. The number of nitrogens with one attached hydrogen (secondary N) is 1. The monoisotopic (exact) mass is 562 g/mol. The van der Waals surface area contributed by atoms with E-state index in [9.17, 15) is 14.4 Å². The van der Waals surface area contributed by atoms with E-state index in [0.717, 1.165) is 19.3 Å². The first kappa shape index (κ1) is 33.9. The van der Waals surface area contributed by atoms with Crippen LogP contribution in [0.2, 0.25) is 0 Å². The zero-order chi connectivity index (χ0) is 28.2. The largest absolute Gasteiger partial charge is 0.463 e. The van der Waals surface area contributed by atoms with Crippen LogP contribution in [0.25, 0.3) is 6.08 Å². The minimum Gasteiger partial charge on any atom is -0.463 e. The smallest absolute Gasteiger partial charge is 0.336 e. The molecule has 8 nitrogen and oxygen atoms in total. The second-order valence-electron chi connectivity index (χ2n) is 9.47. The van der Waals surface area contributed by atoms with E-state index in [4.69, 9.17) is 14.2 Å². The number of ether oxygens (including phenoxy) is 3. The van der Waals surface area contributed by atoms with Crippen LogP contribution in [0.5, 0.6) is 0 Å². The van der Waals surface area contributed by atoms with E-state index in [-0.39, 0.29) is 25.6 Å². The summed E-state index contributed by atoms with van der Waals surface area (Å²) in [5.74, 6) is -2.18. The average molecular weight is 563 g/mol. The molecule has 0 saturated heterocycles. The Morgan fingerprint density at radius 3 is 2.15 bits per heavy atom. The van der Waals surface area contributed by atoms with Crippen LogP contribution in [0.15, 0.2) is 52.4 Å². The number of nitrogens with zero attached hydrogens (tertiary/aromatic N) is 1. The molecule has 216 valence electrons. The van der Waals surface area contributed by atoms with Crippen LogP contribution in [0.4, 0.5) is 0 Å². The minimum atomic E-state index is -0.759. The number of rotatable bonds is 13. The molecule has 1 aliphatic rings. The number of dihydropyridines is 1. The van der Waals surface area contributed by atoms with Crippen LogP contribution in [-0.4, -0.2) is 63.3 Å². The van der Waals surface area contributed by atoms with Crippen molar-refractivity contribution in [1.82, 2.24) is 10.2 Å². The molecule has 0 fully saturated rings. The molecule has 1 atom stereocenters. The zero-order valence-electron chi connectivity index (χ0n) is 24.2. The number of carbonyl (C=O) groups excluding carboxylic acids is 3. The van der Waals surface area contributed by atoms with Crippen LogP contribution < -0.4 is 5.32 Å². The summed E-state index contributed by atoms with van der Waals surface area (Å²) < 4.78 is 16.3. The molecule has 1 unspecified atom stereocenters. The maximum Gasteiger partial charge on any atom is 0.336 e. The zero-order valence-corrected chi connectivity index (χ0v) is 25.0. The van der Waals surface area contributed by atoms with Gasteiger partial charge in [0, 0.05) is 23.5 Å². The third-order valence-electron chi connectivity index (χ3n) is 6.09. The molecule has 0 aromatic heterocycles. The number of likely N-dealkylation sites (N-methyl/N-ethyl adjacent to an activating group) is 1. The molecule has 0 amide bonds. The number of unbranched alkanes of at least 4 members (excludes halogenated alkanes) is 2. The Morgan fingerprint density at radius 1 is 0.949 bits per heavy atom. The highest BCUT2D eigenvalue weighted by molar-refractivity contribution is 6.01. The van der Waals surface area contributed by atoms with Crippen LogP contribution in [0.3, 0.4) is 0 Å². The lowest BCUT2D eigenvalue weighted by Crippen LogP contribution is -2.37. The Morgan fingerprint density at radius 2 is 1.56 bits per heavy atom. The standard InChI is InChI=1S/C30H42N2O6.ClH/c1-8-11-14-17-38-28(33)20(4)18-22-15-12-13-16-23(22)26-25(29(34)36-9-2)21(5)31-24(19-32(6)7)27(26)30(35)37-10-3;/h12-13,15-16,18,26,31H,8-11,14,17,19H2,1-7H3;1H/b20-18+;. The van der Waals surface area contributed by atoms with Crippen LogP contribution in [0.1, 0.15) is 70.9 Å². The van der Waals surface area contributed by atoms with E-state index >= 15 is 0 Å². The van der Waals surface area contributed by atoms with Crippen molar-refractivity contribution in [3.05, 3.63) is 63.5 Å². The lowest BCUT2D eigenvalue weighted by molar-refractivity contribution is -0.140. The van der Waals surface area contributed by atoms with Crippen molar-refractivity contribution >= 4 is 36.4 Å². The quantitative estimate of drug-likeness (QED) is 0.153. The molecule has 1 aliphatic heterocycles. The van der Waals surface area contributed by atoms with Gasteiger partial charge < -0.3 is 24.4 Å². The van der Waals surface area contributed by atoms with Gasteiger partial charge in [0.1, 0.15) is 0 Å². The summed E-state index contributed by atoms with van der Waals surface area (Å²) in [5.41, 5.74) is 3.74. The Labute approximate surface area is 238 Å². The van der Waals surface area contributed by atoms with Gasteiger partial charge in [0.25, 0.3) is 0 Å². The molecule has 39 heavy (non-hydrogen) atoms. The molecule has 1 heterocycles. The van der Waals surface area contributed by atoms with Crippen molar-refractivity contribution in [3.8, 4) is 0 Å². The predicted octanol–water partition coefficient (Wildman–Crippen LogP) is 5.15. The number of hydrogen-bond acceptors (Lipinski definition) is 8. The molecule has 0 saturated carbocycles. The molecule has 0 aliphatic carbocycles. The van der Waals surface area contributed by atoms with Crippen LogP contribution >= 0.6 is 12.4 Å². The van der Waals surface area contributed by atoms with Gasteiger partial charge in [-0.3, -0.25) is 0 Å². The summed E-state index contributed by atoms with van der Waals surface area (Å²) >= 11 is 0. The summed E-state index contributed by atoms with van der Waals surface area (Å²) in [6.07, 6.45) is 4.59. The average Bonchev–Trinajstić information content (AvgIpc) is 2.86. The molecule has 1 N–H and O–H groups in total. The van der Waals surface area contributed by atoms with E-state index in [2.05, 4.69) is 12.2 Å². The van der Waals surface area contributed by atoms with Crippen molar-refractivity contribution in [3.63, 3.8) is 0 Å². The Hall–Kier alpha value is -3.10. The predicted molar refractivity (Wildman–Crippen MR) is 155 cm³/mol. The van der Waals surface area contributed by atoms with Gasteiger partial charge in [0.15, 0.2) is 0 Å². The second-order valence-corrected chi connectivity index (χ2v) is 9.47. The molecular weight excluding hydrogens is 520 g/mol. The molecule has 2 rings (SSSR count). The molecule has 0 radical (unpaired) electrons. The van der Waals surface area contributed by atoms with E-state index in [1.54, 1.807) is 33.8 Å². The third kappa shape index (κ3) is 9.25. The van der Waals surface area contributed by atoms with Crippen molar-refractivity contribution in [2.24, 2.45) is 0 Å². The fourth-order valence-electron chi connectivity index (χ4n) is 4.41. The first-order valence-corrected chi connectivity index (χ1v) is 13.3. The van der Waals surface area contributed by atoms with Crippen LogP contribution in [0, 0.1) is 0 Å². The maximum absolute atomic E-state index is 13.4. The van der Waals surface area contributed by atoms with E-state index < -0.39 is 23.8 Å². The summed E-state index contributed by atoms with van der Waals surface area (Å²) in [6.45, 7) is 10.3. The second kappa shape index (κ2) is 16.8. The Bertz CT molecular complexity index is 1110. The van der Waals surface area contributed by atoms with Gasteiger partial charge >= 0.3 is 17.9 Å². The molecule has 0 bridgehead atoms. The minimum absolute atomic E-state index is 0. The highest BCUT2D eigenvalue weighted by atomic mass is 35.5. The summed E-state index contributed by atoms with van der Waals surface area (Å²) in [4.78, 5) is 41.3.